The van der Waals surface area contributed by atoms with Crippen LogP contribution in [0.3, 0.4) is 0 Å². The molecular formula is C29H43N5O5. The summed E-state index contributed by atoms with van der Waals surface area (Å²) in [6.07, 6.45) is 9.60. The number of nitrogens with zero attached hydrogens (tertiary/aromatic N) is 4. The summed E-state index contributed by atoms with van der Waals surface area (Å²) in [6, 6.07) is -0.466. The van der Waals surface area contributed by atoms with Crippen molar-refractivity contribution in [3.05, 3.63) is 23.4 Å². The minimum absolute atomic E-state index is 0.186. The molecule has 4 aliphatic heterocycles. The summed E-state index contributed by atoms with van der Waals surface area (Å²) in [5.74, 6) is -0.248. The molecule has 0 aromatic carbocycles. The molecule has 214 valence electrons. The van der Waals surface area contributed by atoms with E-state index in [2.05, 4.69) is 22.4 Å². The number of carbonyl (C=O) groups excluding carboxylic acids is 4. The van der Waals surface area contributed by atoms with Crippen molar-refractivity contribution in [2.24, 2.45) is 5.92 Å². The van der Waals surface area contributed by atoms with Gasteiger partial charge in [0.25, 0.3) is 0 Å². The molecule has 0 spiro atoms. The van der Waals surface area contributed by atoms with Gasteiger partial charge < -0.3 is 14.5 Å². The quantitative estimate of drug-likeness (QED) is 0.551. The SMILES string of the molecule is CN1C(=O)N(C2CCC(=O)NC2=O)C2(C)CC=C(C3CCN(C4CCCN(C(=O)OC(C)(C)C)C4)CC3)C=C12. The van der Waals surface area contributed by atoms with E-state index in [1.54, 1.807) is 16.8 Å². The molecule has 10 nitrogen and oxygen atoms in total. The van der Waals surface area contributed by atoms with Gasteiger partial charge in [-0.2, -0.15) is 0 Å². The van der Waals surface area contributed by atoms with Crippen LogP contribution in [0.25, 0.3) is 0 Å². The van der Waals surface area contributed by atoms with E-state index in [4.69, 9.17) is 4.74 Å². The van der Waals surface area contributed by atoms with E-state index < -0.39 is 17.2 Å². The Bertz CT molecular complexity index is 1100. The molecule has 5 amide bonds. The molecule has 39 heavy (non-hydrogen) atoms. The number of ether oxygens (including phenoxy) is 1. The fourth-order valence-corrected chi connectivity index (χ4v) is 6.98. The molecule has 10 heteroatoms. The Morgan fingerprint density at radius 2 is 1.79 bits per heavy atom. The molecule has 1 aliphatic carbocycles. The zero-order valence-electron chi connectivity index (χ0n) is 24.0. The molecule has 3 atom stereocenters. The first-order valence-corrected chi connectivity index (χ1v) is 14.4. The Kier molecular flexibility index (Phi) is 7.28. The van der Waals surface area contributed by atoms with Gasteiger partial charge in [-0.3, -0.25) is 24.7 Å². The smallest absolute Gasteiger partial charge is 0.410 e. The summed E-state index contributed by atoms with van der Waals surface area (Å²) >= 11 is 0. The van der Waals surface area contributed by atoms with Gasteiger partial charge in [0.2, 0.25) is 11.8 Å². The molecule has 3 unspecified atom stereocenters. The second-order valence-electron chi connectivity index (χ2n) is 12.9. The van der Waals surface area contributed by atoms with Crippen molar-refractivity contribution in [1.29, 1.82) is 0 Å². The van der Waals surface area contributed by atoms with Gasteiger partial charge in [0, 0.05) is 38.3 Å². The lowest BCUT2D eigenvalue weighted by molar-refractivity contribution is -0.137. The number of fused-ring (bicyclic) bond motifs is 1. The molecule has 4 fully saturated rings. The number of likely N-dealkylation sites (N-methyl/N-ethyl adjacent to an activating group) is 1. The van der Waals surface area contributed by atoms with Gasteiger partial charge in [-0.1, -0.05) is 6.08 Å². The van der Waals surface area contributed by atoms with Crippen molar-refractivity contribution < 1.29 is 23.9 Å². The predicted octanol–water partition coefficient (Wildman–Crippen LogP) is 3.24. The lowest BCUT2D eigenvalue weighted by atomic mass is 9.79. The first kappa shape index (κ1) is 27.7. The highest BCUT2D eigenvalue weighted by Gasteiger charge is 2.55. The fraction of sp³-hybridized carbons (Fsp3) is 0.724. The average molecular weight is 542 g/mol. The monoisotopic (exact) mass is 541 g/mol. The van der Waals surface area contributed by atoms with Crippen LogP contribution in [0.15, 0.2) is 23.4 Å². The highest BCUT2D eigenvalue weighted by Crippen LogP contribution is 2.45. The van der Waals surface area contributed by atoms with Gasteiger partial charge in [0.15, 0.2) is 0 Å². The predicted molar refractivity (Wildman–Crippen MR) is 145 cm³/mol. The second-order valence-corrected chi connectivity index (χ2v) is 12.9. The number of rotatable bonds is 3. The Morgan fingerprint density at radius 1 is 1.08 bits per heavy atom. The third-order valence-corrected chi connectivity index (χ3v) is 9.06. The Labute approximate surface area is 231 Å². The third kappa shape index (κ3) is 5.32. The zero-order chi connectivity index (χ0) is 28.1. The van der Waals surface area contributed by atoms with Crippen LogP contribution < -0.4 is 5.32 Å². The zero-order valence-corrected chi connectivity index (χ0v) is 24.0. The van der Waals surface area contributed by atoms with E-state index in [0.717, 1.165) is 51.0 Å². The number of urea groups is 1. The van der Waals surface area contributed by atoms with Crippen molar-refractivity contribution in [1.82, 2.24) is 24.9 Å². The van der Waals surface area contributed by atoms with Crippen molar-refractivity contribution >= 4 is 23.9 Å². The van der Waals surface area contributed by atoms with Crippen LogP contribution in [0.5, 0.6) is 0 Å². The molecule has 0 bridgehead atoms. The number of piperidine rings is 3. The second kappa shape index (κ2) is 10.3. The average Bonchev–Trinajstić information content (AvgIpc) is 3.08. The van der Waals surface area contributed by atoms with Gasteiger partial charge in [0.05, 0.1) is 5.54 Å². The molecule has 4 heterocycles. The van der Waals surface area contributed by atoms with Gasteiger partial charge in [0.1, 0.15) is 11.6 Å². The van der Waals surface area contributed by atoms with Crippen molar-refractivity contribution in [2.75, 3.05) is 33.2 Å². The maximum Gasteiger partial charge on any atom is 0.410 e. The molecule has 0 saturated carbocycles. The van der Waals surface area contributed by atoms with Gasteiger partial charge >= 0.3 is 12.1 Å². The summed E-state index contributed by atoms with van der Waals surface area (Å²) in [4.78, 5) is 58.1. The normalized spacial score (nSPS) is 31.1. The van der Waals surface area contributed by atoms with E-state index in [9.17, 15) is 19.2 Å². The van der Waals surface area contributed by atoms with Crippen LogP contribution in [0.4, 0.5) is 9.59 Å². The lowest BCUT2D eigenvalue weighted by Gasteiger charge is -2.44. The molecule has 4 saturated heterocycles. The number of amides is 5. The standard InChI is InChI=1S/C29H43N5O5/c1-28(2,3)39-27(38)33-14-6-7-21(18-33)32-15-11-19(12-16-32)20-10-13-29(4)23(17-20)31(5)26(37)34(29)22-8-9-24(35)30-25(22)36/h10,17,19,21-22H,6-9,11-16,18H2,1-5H3,(H,30,35,36). The van der Waals surface area contributed by atoms with Crippen molar-refractivity contribution in [2.45, 2.75) is 95.9 Å². The summed E-state index contributed by atoms with van der Waals surface area (Å²) in [5, 5.41) is 2.41. The van der Waals surface area contributed by atoms with Gasteiger partial charge in [-0.25, -0.2) is 9.59 Å². The highest BCUT2D eigenvalue weighted by molar-refractivity contribution is 6.02. The van der Waals surface area contributed by atoms with E-state index >= 15 is 0 Å². The minimum atomic E-state index is -0.637. The number of nitrogens with one attached hydrogen (secondary N) is 1. The summed E-state index contributed by atoms with van der Waals surface area (Å²) < 4.78 is 5.61. The van der Waals surface area contributed by atoms with Crippen molar-refractivity contribution in [3.63, 3.8) is 0 Å². The molecule has 0 radical (unpaired) electrons. The maximum atomic E-state index is 13.3. The number of hydrogen-bond acceptors (Lipinski definition) is 6. The highest BCUT2D eigenvalue weighted by atomic mass is 16.6. The Balaban J connectivity index is 1.21. The molecule has 0 aromatic rings. The van der Waals surface area contributed by atoms with E-state index in [-0.39, 0.29) is 30.4 Å². The lowest BCUT2D eigenvalue weighted by Crippen LogP contribution is -2.59. The van der Waals surface area contributed by atoms with Gasteiger partial charge in [-0.05, 0) is 96.9 Å². The molecule has 5 rings (SSSR count). The maximum absolute atomic E-state index is 13.3. The first-order valence-electron chi connectivity index (χ1n) is 14.4. The minimum Gasteiger partial charge on any atom is -0.444 e. The Hall–Kier alpha value is -2.88. The van der Waals surface area contributed by atoms with Crippen LogP contribution >= 0.6 is 0 Å². The largest absolute Gasteiger partial charge is 0.444 e. The number of imide groups is 1. The molecule has 0 aromatic heterocycles. The Morgan fingerprint density at radius 3 is 2.46 bits per heavy atom. The van der Waals surface area contributed by atoms with E-state index in [1.165, 1.54) is 5.57 Å². The number of hydrogen-bond donors (Lipinski definition) is 1. The number of allylic oxidation sites excluding steroid dienone is 2. The molecular weight excluding hydrogens is 498 g/mol. The van der Waals surface area contributed by atoms with E-state index in [1.807, 2.05) is 32.6 Å². The first-order chi connectivity index (χ1) is 18.4. The molecule has 1 N–H and O–H groups in total. The van der Waals surface area contributed by atoms with Crippen LogP contribution in [0, 0.1) is 5.92 Å². The number of likely N-dealkylation sites (tertiary alicyclic amines) is 2. The van der Waals surface area contributed by atoms with Crippen molar-refractivity contribution in [3.8, 4) is 0 Å². The van der Waals surface area contributed by atoms with Crippen LogP contribution in [0.2, 0.25) is 0 Å². The summed E-state index contributed by atoms with van der Waals surface area (Å²) in [6.45, 7) is 11.2. The van der Waals surface area contributed by atoms with Crippen LogP contribution in [-0.4, -0.2) is 100.0 Å². The summed E-state index contributed by atoms with van der Waals surface area (Å²) in [5.41, 5.74) is 1.10. The van der Waals surface area contributed by atoms with Gasteiger partial charge in [-0.15, -0.1) is 0 Å². The van der Waals surface area contributed by atoms with E-state index in [0.29, 0.717) is 31.3 Å². The summed E-state index contributed by atoms with van der Waals surface area (Å²) in [7, 11) is 1.78. The van der Waals surface area contributed by atoms with Crippen LogP contribution in [-0.2, 0) is 14.3 Å². The third-order valence-electron chi connectivity index (χ3n) is 9.06. The topological polar surface area (TPSA) is 102 Å². The molecule has 5 aliphatic rings. The van der Waals surface area contributed by atoms with Crippen LogP contribution in [0.1, 0.15) is 72.6 Å². The fourth-order valence-electron chi connectivity index (χ4n) is 6.98. The number of carbonyl (C=O) groups is 4.